The maximum Gasteiger partial charge on any atom is 0.416 e. The monoisotopic (exact) mass is 360 g/mol. The van der Waals surface area contributed by atoms with Crippen molar-refractivity contribution in [1.29, 1.82) is 0 Å². The first-order valence-electron chi connectivity index (χ1n) is 7.79. The summed E-state index contributed by atoms with van der Waals surface area (Å²) < 4.78 is 51.9. The number of amides is 2. The molecule has 1 saturated carbocycles. The third-order valence-electron chi connectivity index (χ3n) is 5.12. The van der Waals surface area contributed by atoms with Crippen molar-refractivity contribution in [3.63, 3.8) is 0 Å². The van der Waals surface area contributed by atoms with E-state index in [-0.39, 0.29) is 19.0 Å². The van der Waals surface area contributed by atoms with Crippen LogP contribution in [0.25, 0.3) is 0 Å². The number of carboxylic acid groups (broad SMARTS) is 1. The lowest BCUT2D eigenvalue weighted by Gasteiger charge is -2.23. The summed E-state index contributed by atoms with van der Waals surface area (Å²) in [6.07, 6.45) is -2.78. The Hall–Kier alpha value is -2.32. The highest BCUT2D eigenvalue weighted by Gasteiger charge is 2.55. The van der Waals surface area contributed by atoms with Crippen LogP contribution in [-0.4, -0.2) is 35.1 Å². The van der Waals surface area contributed by atoms with Gasteiger partial charge in [0.15, 0.2) is 0 Å². The Bertz CT molecular complexity index is 722. The van der Waals surface area contributed by atoms with Gasteiger partial charge in [0, 0.05) is 13.1 Å². The Morgan fingerprint density at radius 1 is 1.32 bits per heavy atom. The minimum absolute atomic E-state index is 0.0284. The predicted molar refractivity (Wildman–Crippen MR) is 79.4 cm³/mol. The molecule has 0 bridgehead atoms. The average Bonchev–Trinajstić information content (AvgIpc) is 3.06. The summed E-state index contributed by atoms with van der Waals surface area (Å²) in [6.45, 7) is 0.165. The van der Waals surface area contributed by atoms with Gasteiger partial charge >= 0.3 is 18.2 Å². The molecule has 1 aliphatic carbocycles. The molecule has 1 saturated heterocycles. The lowest BCUT2D eigenvalue weighted by Crippen LogP contribution is -2.38. The van der Waals surface area contributed by atoms with E-state index in [2.05, 4.69) is 5.32 Å². The van der Waals surface area contributed by atoms with E-state index in [1.807, 2.05) is 0 Å². The molecule has 2 atom stereocenters. The van der Waals surface area contributed by atoms with Gasteiger partial charge in [0.05, 0.1) is 16.7 Å². The van der Waals surface area contributed by atoms with Gasteiger partial charge in [-0.3, -0.25) is 4.79 Å². The zero-order chi connectivity index (χ0) is 18.4. The smallest absolute Gasteiger partial charge is 0.416 e. The number of hydrogen-bond acceptors (Lipinski definition) is 2. The molecule has 1 heterocycles. The normalized spacial score (nSPS) is 25.8. The summed E-state index contributed by atoms with van der Waals surface area (Å²) in [6, 6.07) is 0.950. The third-order valence-corrected chi connectivity index (χ3v) is 5.12. The topological polar surface area (TPSA) is 69.6 Å². The van der Waals surface area contributed by atoms with Gasteiger partial charge in [-0.2, -0.15) is 13.2 Å². The number of carbonyl (C=O) groups excluding carboxylic acids is 1. The molecular formula is C16H16F4N2O3. The molecule has 1 aromatic carbocycles. The summed E-state index contributed by atoms with van der Waals surface area (Å²) in [5.41, 5.74) is -2.67. The molecule has 2 amide bonds. The number of alkyl halides is 3. The summed E-state index contributed by atoms with van der Waals surface area (Å²) >= 11 is 0. The van der Waals surface area contributed by atoms with Crippen molar-refractivity contribution >= 4 is 17.7 Å². The Labute approximate surface area is 140 Å². The quantitative estimate of drug-likeness (QED) is 0.793. The Morgan fingerprint density at radius 2 is 2.04 bits per heavy atom. The molecule has 1 aromatic rings. The van der Waals surface area contributed by atoms with Crippen LogP contribution in [0.5, 0.6) is 0 Å². The fourth-order valence-corrected chi connectivity index (χ4v) is 3.79. The first kappa shape index (κ1) is 17.5. The molecule has 0 unspecified atom stereocenters. The number of carbonyl (C=O) groups is 2. The largest absolute Gasteiger partial charge is 0.481 e. The van der Waals surface area contributed by atoms with Crippen LogP contribution in [0.2, 0.25) is 0 Å². The molecule has 0 spiro atoms. The van der Waals surface area contributed by atoms with Crippen LogP contribution in [0.3, 0.4) is 0 Å². The fourth-order valence-electron chi connectivity index (χ4n) is 3.79. The summed E-state index contributed by atoms with van der Waals surface area (Å²) in [7, 11) is 0. The number of likely N-dealkylation sites (tertiary alicyclic amines) is 1. The number of urea groups is 1. The SMILES string of the molecule is O=C(Nc1cc(C(F)(F)F)ccc1F)N1C[C@@H]2CCC[C@@]2(C(=O)O)C1. The number of hydrogen-bond donors (Lipinski definition) is 2. The van der Waals surface area contributed by atoms with Crippen molar-refractivity contribution in [1.82, 2.24) is 4.90 Å². The Morgan fingerprint density at radius 3 is 2.64 bits per heavy atom. The van der Waals surface area contributed by atoms with Gasteiger partial charge in [0.2, 0.25) is 0 Å². The molecule has 1 aliphatic heterocycles. The zero-order valence-corrected chi connectivity index (χ0v) is 13.1. The van der Waals surface area contributed by atoms with Gasteiger partial charge in [0.25, 0.3) is 0 Å². The molecule has 3 rings (SSSR count). The predicted octanol–water partition coefficient (Wildman–Crippen LogP) is 3.56. The van der Waals surface area contributed by atoms with Gasteiger partial charge in [-0.15, -0.1) is 0 Å². The number of carboxylic acids is 1. The maximum absolute atomic E-state index is 13.7. The highest BCUT2D eigenvalue weighted by molar-refractivity contribution is 5.91. The Balaban J connectivity index is 1.77. The summed E-state index contributed by atoms with van der Waals surface area (Å²) in [4.78, 5) is 25.1. The third kappa shape index (κ3) is 3.03. The van der Waals surface area contributed by atoms with Crippen LogP contribution >= 0.6 is 0 Å². The average molecular weight is 360 g/mol. The van der Waals surface area contributed by atoms with Crippen LogP contribution in [0.15, 0.2) is 18.2 Å². The van der Waals surface area contributed by atoms with Gasteiger partial charge in [-0.1, -0.05) is 6.42 Å². The van der Waals surface area contributed by atoms with Crippen molar-refractivity contribution < 1.29 is 32.3 Å². The number of nitrogens with zero attached hydrogens (tertiary/aromatic N) is 1. The van der Waals surface area contributed by atoms with Gasteiger partial charge in [0.1, 0.15) is 5.82 Å². The van der Waals surface area contributed by atoms with Gasteiger partial charge in [-0.05, 0) is 37.0 Å². The first-order valence-corrected chi connectivity index (χ1v) is 7.79. The van der Waals surface area contributed by atoms with Crippen molar-refractivity contribution in [3.8, 4) is 0 Å². The molecular weight excluding hydrogens is 344 g/mol. The fraction of sp³-hybridized carbons (Fsp3) is 0.500. The second kappa shape index (κ2) is 5.89. The van der Waals surface area contributed by atoms with Crippen molar-refractivity contribution in [3.05, 3.63) is 29.6 Å². The summed E-state index contributed by atoms with van der Waals surface area (Å²) in [5, 5.41) is 11.6. The van der Waals surface area contributed by atoms with E-state index in [4.69, 9.17) is 0 Å². The molecule has 0 aromatic heterocycles. The number of rotatable bonds is 2. The molecule has 136 valence electrons. The number of anilines is 1. The van der Waals surface area contributed by atoms with E-state index >= 15 is 0 Å². The maximum atomic E-state index is 13.7. The second-order valence-corrected chi connectivity index (χ2v) is 6.55. The molecule has 2 N–H and O–H groups in total. The van der Waals surface area contributed by atoms with E-state index in [0.29, 0.717) is 31.0 Å². The lowest BCUT2D eigenvalue weighted by atomic mass is 9.81. The molecule has 2 aliphatic rings. The molecule has 0 radical (unpaired) electrons. The minimum atomic E-state index is -4.66. The minimum Gasteiger partial charge on any atom is -0.481 e. The van der Waals surface area contributed by atoms with Gasteiger partial charge < -0.3 is 15.3 Å². The number of aliphatic carboxylic acids is 1. The molecule has 9 heteroatoms. The van der Waals surface area contributed by atoms with Crippen molar-refractivity contribution in [2.45, 2.75) is 25.4 Å². The standard InChI is InChI=1S/C16H16F4N2O3/c17-11-4-3-9(16(18,19)20)6-12(11)21-14(25)22-7-10-2-1-5-15(10,8-22)13(23)24/h3-4,6,10H,1-2,5,7-8H2,(H,21,25)(H,23,24)/t10-,15+/m0/s1. The van der Waals surface area contributed by atoms with Crippen LogP contribution in [-0.2, 0) is 11.0 Å². The lowest BCUT2D eigenvalue weighted by molar-refractivity contribution is -0.149. The molecule has 2 fully saturated rings. The van der Waals surface area contributed by atoms with Crippen LogP contribution < -0.4 is 5.32 Å². The number of benzene rings is 1. The highest BCUT2D eigenvalue weighted by atomic mass is 19.4. The van der Waals surface area contributed by atoms with Crippen LogP contribution in [0, 0.1) is 17.2 Å². The van der Waals surface area contributed by atoms with E-state index in [1.54, 1.807) is 0 Å². The van der Waals surface area contributed by atoms with Crippen molar-refractivity contribution in [2.75, 3.05) is 18.4 Å². The molecule has 25 heavy (non-hydrogen) atoms. The number of fused-ring (bicyclic) bond motifs is 1. The van der Waals surface area contributed by atoms with Gasteiger partial charge in [-0.25, -0.2) is 9.18 Å². The number of halogens is 4. The zero-order valence-electron chi connectivity index (χ0n) is 13.1. The second-order valence-electron chi connectivity index (χ2n) is 6.55. The van der Waals surface area contributed by atoms with E-state index < -0.39 is 40.7 Å². The van der Waals surface area contributed by atoms with E-state index in [0.717, 1.165) is 6.42 Å². The van der Waals surface area contributed by atoms with Crippen LogP contribution in [0.1, 0.15) is 24.8 Å². The summed E-state index contributed by atoms with van der Waals surface area (Å²) in [5.74, 6) is -2.16. The van der Waals surface area contributed by atoms with Crippen LogP contribution in [0.4, 0.5) is 28.0 Å². The van der Waals surface area contributed by atoms with E-state index in [1.165, 1.54) is 4.90 Å². The van der Waals surface area contributed by atoms with E-state index in [9.17, 15) is 32.3 Å². The highest BCUT2D eigenvalue weighted by Crippen LogP contribution is 2.49. The first-order chi connectivity index (χ1) is 11.6. The Kier molecular flexibility index (Phi) is 4.12. The van der Waals surface area contributed by atoms with Crippen molar-refractivity contribution in [2.24, 2.45) is 11.3 Å². The molecule has 5 nitrogen and oxygen atoms in total. The number of nitrogens with one attached hydrogen (secondary N) is 1.